The Bertz CT molecular complexity index is 2650. The van der Waals surface area contributed by atoms with Crippen molar-refractivity contribution in [1.82, 2.24) is 10.9 Å². The maximum absolute atomic E-state index is 13.1. The molecule has 17 nitrogen and oxygen atoms in total. The molecule has 0 heterocycles. The highest BCUT2D eigenvalue weighted by atomic mass is 127. The van der Waals surface area contributed by atoms with Crippen molar-refractivity contribution in [3.05, 3.63) is 185 Å². The molecule has 13 N–H and O–H groups in total. The molecule has 27 heteroatoms. The molecule has 0 fully saturated rings. The first kappa shape index (κ1) is 79.9. The quantitative estimate of drug-likeness (QED) is 0.00442. The van der Waals surface area contributed by atoms with E-state index in [4.69, 9.17) is 62.7 Å². The minimum atomic E-state index is -0.356. The van der Waals surface area contributed by atoms with E-state index in [2.05, 4.69) is 74.8 Å². The fourth-order valence-corrected chi connectivity index (χ4v) is 6.08. The Labute approximate surface area is 512 Å². The summed E-state index contributed by atoms with van der Waals surface area (Å²) in [5.41, 5.74) is 14.1. The zero-order chi connectivity index (χ0) is 57.3. The number of alkyl halides is 1. The highest BCUT2D eigenvalue weighted by Gasteiger charge is 2.03. The maximum atomic E-state index is 13.1. The number of nitrogens with two attached hydrogens (primary N) is 4. The second-order valence-electron chi connectivity index (χ2n) is 13.7. The number of nitrogens with zero attached hydrogens (tertiary/aromatic N) is 1. The first-order valence-corrected chi connectivity index (χ1v) is 26.3. The molecule has 0 aromatic heterocycles. The van der Waals surface area contributed by atoms with E-state index >= 15 is 0 Å². The molecule has 429 valence electrons. The van der Waals surface area contributed by atoms with Gasteiger partial charge in [-0.05, 0) is 179 Å². The Morgan fingerprint density at radius 2 is 0.949 bits per heavy atom. The van der Waals surface area contributed by atoms with Crippen molar-refractivity contribution in [3.63, 3.8) is 0 Å². The highest BCUT2D eigenvalue weighted by Crippen LogP contribution is 2.18. The van der Waals surface area contributed by atoms with E-state index in [9.17, 15) is 32.8 Å². The van der Waals surface area contributed by atoms with Crippen LogP contribution in [0.3, 0.4) is 0 Å². The summed E-state index contributed by atoms with van der Waals surface area (Å²) in [4.78, 5) is 53.6. The molecule has 0 aliphatic carbocycles. The number of rotatable bonds is 15. The van der Waals surface area contributed by atoms with Crippen LogP contribution in [-0.2, 0) is 28.7 Å². The minimum absolute atomic E-state index is 0. The Hall–Kier alpha value is -5.61. The fourth-order valence-electron chi connectivity index (χ4n) is 4.56. The summed E-state index contributed by atoms with van der Waals surface area (Å²) < 4.78 is 35.9. The molecule has 0 saturated heterocycles. The van der Waals surface area contributed by atoms with Crippen molar-refractivity contribution < 1.29 is 42.2 Å². The molecule has 0 unspecified atom stereocenters. The second-order valence-corrected chi connectivity index (χ2v) is 17.9. The van der Waals surface area contributed by atoms with Gasteiger partial charge in [0.25, 0.3) is 11.8 Å². The average Bonchev–Trinajstić information content (AvgIpc) is 3.42. The molecule has 0 saturated carbocycles. The van der Waals surface area contributed by atoms with Crippen molar-refractivity contribution in [2.45, 2.75) is 28.7 Å². The zero-order valence-corrected chi connectivity index (χ0v) is 49.5. The molecule has 2 amide bonds. The first-order chi connectivity index (χ1) is 36.3. The number of anilines is 4. The smallest absolute Gasteiger partial charge is 0.325 e. The average molecular weight is 1420 g/mol. The summed E-state index contributed by atoms with van der Waals surface area (Å²) in [7, 11) is 0. The van der Waals surface area contributed by atoms with Crippen LogP contribution >= 0.6 is 101 Å². The lowest BCUT2D eigenvalue weighted by Crippen LogP contribution is -2.35. The molecule has 0 bridgehead atoms. The van der Waals surface area contributed by atoms with Gasteiger partial charge >= 0.3 is 11.9 Å². The number of nitrogens with one attached hydrogen (secondary N) is 5. The lowest BCUT2D eigenvalue weighted by molar-refractivity contribution is -0.141. The van der Waals surface area contributed by atoms with Crippen molar-refractivity contribution >= 4 is 168 Å². The van der Waals surface area contributed by atoms with Crippen LogP contribution in [0.1, 0.15) is 44.6 Å². The van der Waals surface area contributed by atoms with Crippen LogP contribution in [0.4, 0.5) is 31.5 Å². The molecule has 0 aliphatic heterocycles. The number of halogens is 9. The molecule has 0 spiro atoms. The monoisotopic (exact) mass is 1410 g/mol. The maximum Gasteiger partial charge on any atom is 0.325 e. The van der Waals surface area contributed by atoms with E-state index < -0.39 is 0 Å². The number of carbonyl (C=O) groups excluding carboxylic acids is 5. The van der Waals surface area contributed by atoms with Gasteiger partial charge in [-0.2, -0.15) is 5.10 Å². The van der Waals surface area contributed by atoms with Crippen molar-refractivity contribution in [2.75, 3.05) is 59.0 Å². The van der Waals surface area contributed by atoms with Crippen molar-refractivity contribution in [3.8, 4) is 0 Å². The van der Waals surface area contributed by atoms with Crippen LogP contribution in [0.25, 0.3) is 0 Å². The van der Waals surface area contributed by atoms with E-state index in [-0.39, 0.29) is 78.3 Å². The topological polar surface area (TPSA) is 280 Å². The van der Waals surface area contributed by atoms with Gasteiger partial charge in [0, 0.05) is 56.8 Å². The highest BCUT2D eigenvalue weighted by molar-refractivity contribution is 14.1. The van der Waals surface area contributed by atoms with Gasteiger partial charge in [0.2, 0.25) is 0 Å². The Balaban J connectivity index is -0.000000439. The third-order valence-electron chi connectivity index (χ3n) is 8.05. The standard InChI is InChI=1S/C15H12BrClFN3O.C10H12ClNO2.C8H10ClN3O.C7H4BrFO.C6H6ClN.C4H7IO2.2CH4.B.H4N2/c16-13-7-10(1-6-14(13)18)8-20-21-15(22)9-19-12-4-2-11(17)3-5-12;1-2-14-10(13)7-12-9-5-3-8(11)4-6-9;9-6-1-3-7(4-2-6)11-5-8(13)12-10;8-6-3-5(4-10)1-2-7(6)9;7-5-1-3-6(8)4-2-5;1-2-7-4(6)3-5;;;;1-2/h1-8,19H,9H2,(H,21,22);3-6,12H,2,7H2,1H3;1-4,11H,5,10H2,(H,12,13);1-4H;1-4H,8H2;2-3H2,1H3;2*1H4;;1-2H2/b20-8+;;;;;;;;;. The largest absolute Gasteiger partial charge is 0.465 e. The third-order valence-corrected chi connectivity index (χ3v) is 10.9. The number of aldehydes is 1. The Morgan fingerprint density at radius 1 is 0.595 bits per heavy atom. The number of nitrogen functional groups attached to an aromatic ring is 1. The number of amides is 2. The van der Waals surface area contributed by atoms with Crippen LogP contribution in [0, 0.1) is 11.6 Å². The minimum Gasteiger partial charge on any atom is -0.465 e. The predicted octanol–water partition coefficient (Wildman–Crippen LogP) is 11.9. The van der Waals surface area contributed by atoms with Crippen LogP contribution < -0.4 is 50.1 Å². The molecular formula is C52H63BBr2Cl4F2IN10O7. The van der Waals surface area contributed by atoms with Gasteiger partial charge in [-0.1, -0.05) is 89.9 Å². The molecule has 0 aliphatic rings. The van der Waals surface area contributed by atoms with Gasteiger partial charge in [-0.15, -0.1) is 0 Å². The zero-order valence-electron chi connectivity index (χ0n) is 41.2. The first-order valence-electron chi connectivity index (χ1n) is 21.7. The summed E-state index contributed by atoms with van der Waals surface area (Å²) in [6, 6.07) is 36.8. The van der Waals surface area contributed by atoms with Gasteiger partial charge in [0.05, 0.1) is 45.9 Å². The summed E-state index contributed by atoms with van der Waals surface area (Å²) >= 11 is 30.7. The molecule has 6 rings (SSSR count). The second kappa shape index (κ2) is 49.4. The summed E-state index contributed by atoms with van der Waals surface area (Å²) in [5, 5.41) is 15.2. The molecular weight excluding hydrogens is 1350 g/mol. The van der Waals surface area contributed by atoms with Gasteiger partial charge in [0.1, 0.15) is 24.5 Å². The summed E-state index contributed by atoms with van der Waals surface area (Å²) in [6.45, 7) is 4.87. The van der Waals surface area contributed by atoms with E-state index in [0.717, 1.165) is 27.8 Å². The van der Waals surface area contributed by atoms with E-state index in [1.165, 1.54) is 30.5 Å². The number of ether oxygens (including phenoxy) is 2. The van der Waals surface area contributed by atoms with Crippen molar-refractivity contribution in [2.24, 2.45) is 22.6 Å². The number of benzene rings is 6. The number of carbonyl (C=O) groups is 5. The molecule has 6 aromatic rings. The number of hydrazone groups is 1. The number of hydrazine groups is 2. The lowest BCUT2D eigenvalue weighted by atomic mass is 10.2. The number of hydrogen-bond donors (Lipinski definition) is 9. The number of hydrogen-bond acceptors (Lipinski definition) is 15. The SMILES string of the molecule is C.C.CCOC(=O)CI.CCOC(=O)CNc1ccc(Cl)cc1.NN.NNC(=O)CNc1ccc(Cl)cc1.Nc1ccc(Cl)cc1.O=C(CNc1ccc(Cl)cc1)N/N=C/c1ccc(F)c(Br)c1.O=Cc1ccc(F)c(Br)c1.[B]. The van der Waals surface area contributed by atoms with Gasteiger partial charge in [-0.3, -0.25) is 41.1 Å². The van der Waals surface area contributed by atoms with Crippen LogP contribution in [-0.4, -0.2) is 81.9 Å². The molecule has 6 aromatic carbocycles. The van der Waals surface area contributed by atoms with Gasteiger partial charge < -0.3 is 31.2 Å². The normalized spacial score (nSPS) is 9.14. The summed E-state index contributed by atoms with van der Waals surface area (Å²) in [5.74, 6) is 11.2. The van der Waals surface area contributed by atoms with Gasteiger partial charge in [-0.25, -0.2) is 20.0 Å². The molecule has 79 heavy (non-hydrogen) atoms. The van der Waals surface area contributed by atoms with Crippen LogP contribution in [0.2, 0.25) is 20.1 Å². The molecule has 0 atom stereocenters. The van der Waals surface area contributed by atoms with E-state index in [1.807, 2.05) is 40.1 Å². The van der Waals surface area contributed by atoms with E-state index in [1.54, 1.807) is 111 Å². The summed E-state index contributed by atoms with van der Waals surface area (Å²) in [6.07, 6.45) is 2.11. The Morgan fingerprint density at radius 3 is 1.29 bits per heavy atom. The van der Waals surface area contributed by atoms with Crippen LogP contribution in [0.15, 0.2) is 148 Å². The number of esters is 2. The fraction of sp³-hybridized carbons (Fsp3) is 0.192. The predicted molar refractivity (Wildman–Crippen MR) is 337 cm³/mol. The van der Waals surface area contributed by atoms with Gasteiger partial charge in [0.15, 0.2) is 0 Å². The Kier molecular flexibility index (Phi) is 50.0. The lowest BCUT2D eigenvalue weighted by Gasteiger charge is -2.05. The van der Waals surface area contributed by atoms with Crippen LogP contribution in [0.5, 0.6) is 0 Å². The third kappa shape index (κ3) is 41.1. The van der Waals surface area contributed by atoms with Crippen molar-refractivity contribution in [1.29, 1.82) is 0 Å². The van der Waals surface area contributed by atoms with E-state index in [0.29, 0.717) is 59.1 Å². The molecule has 3 radical (unpaired) electrons.